The first kappa shape index (κ1) is 18.3. The Morgan fingerprint density at radius 1 is 1.19 bits per heavy atom. The molecule has 0 unspecified atom stereocenters. The van der Waals surface area contributed by atoms with E-state index in [4.69, 9.17) is 9.47 Å². The smallest absolute Gasteiger partial charge is 0.230 e. The van der Waals surface area contributed by atoms with Gasteiger partial charge in [-0.25, -0.2) is 9.37 Å². The van der Waals surface area contributed by atoms with Crippen LogP contribution in [0.3, 0.4) is 0 Å². The Bertz CT molecular complexity index is 728. The minimum absolute atomic E-state index is 0.0178. The monoisotopic (exact) mass is 358 g/mol. The van der Waals surface area contributed by atoms with Gasteiger partial charge in [0.05, 0.1) is 12.0 Å². The summed E-state index contributed by atoms with van der Waals surface area (Å²) in [5, 5.41) is 2.99. The number of hydrogen-bond donors (Lipinski definition) is 1. The van der Waals surface area contributed by atoms with E-state index in [1.807, 2.05) is 6.07 Å². The maximum Gasteiger partial charge on any atom is 0.230 e. The van der Waals surface area contributed by atoms with Crippen molar-refractivity contribution >= 4 is 5.91 Å². The fraction of sp³-hybridized carbons (Fsp3) is 0.400. The third kappa shape index (κ3) is 4.02. The third-order valence-electron chi connectivity index (χ3n) is 4.83. The highest BCUT2D eigenvalue weighted by molar-refractivity contribution is 5.89. The number of amides is 1. The molecule has 0 saturated heterocycles. The first-order valence-corrected chi connectivity index (χ1v) is 8.75. The molecule has 138 valence electrons. The number of carbonyl (C=O) groups is 1. The van der Waals surface area contributed by atoms with Crippen molar-refractivity contribution in [2.45, 2.75) is 31.2 Å². The number of halogens is 1. The van der Waals surface area contributed by atoms with Gasteiger partial charge >= 0.3 is 0 Å². The predicted octanol–water partition coefficient (Wildman–Crippen LogP) is 2.98. The lowest BCUT2D eigenvalue weighted by Gasteiger charge is -2.40. The van der Waals surface area contributed by atoms with Crippen molar-refractivity contribution in [3.8, 4) is 5.88 Å². The Hall–Kier alpha value is -2.47. The van der Waals surface area contributed by atoms with E-state index in [9.17, 15) is 9.18 Å². The van der Waals surface area contributed by atoms with Crippen LogP contribution in [0.25, 0.3) is 0 Å². The number of hydrogen-bond acceptors (Lipinski definition) is 4. The molecule has 1 amide bonds. The van der Waals surface area contributed by atoms with Crippen LogP contribution in [0.5, 0.6) is 5.88 Å². The molecule has 1 aromatic carbocycles. The van der Waals surface area contributed by atoms with Gasteiger partial charge in [0.15, 0.2) is 0 Å². The first-order valence-electron chi connectivity index (χ1n) is 8.75. The summed E-state index contributed by atoms with van der Waals surface area (Å²) in [6, 6.07) is 9.89. The molecule has 2 aromatic rings. The molecule has 0 radical (unpaired) electrons. The van der Waals surface area contributed by atoms with Crippen LogP contribution in [-0.4, -0.2) is 31.2 Å². The van der Waals surface area contributed by atoms with Crippen molar-refractivity contribution in [2.75, 3.05) is 20.3 Å². The van der Waals surface area contributed by atoms with Gasteiger partial charge in [-0.05, 0) is 36.1 Å². The van der Waals surface area contributed by atoms with Gasteiger partial charge < -0.3 is 14.8 Å². The molecule has 1 N–H and O–H groups in total. The molecule has 1 aromatic heterocycles. The van der Waals surface area contributed by atoms with E-state index in [1.165, 1.54) is 12.1 Å². The number of aromatic nitrogens is 1. The van der Waals surface area contributed by atoms with Crippen molar-refractivity contribution in [1.29, 1.82) is 0 Å². The summed E-state index contributed by atoms with van der Waals surface area (Å²) in [5.41, 5.74) is 1.23. The highest BCUT2D eigenvalue weighted by Gasteiger charge is 2.45. The highest BCUT2D eigenvalue weighted by Crippen LogP contribution is 2.44. The number of benzene rings is 1. The van der Waals surface area contributed by atoms with Gasteiger partial charge in [-0.2, -0.15) is 0 Å². The standard InChI is InChI=1S/C20H23FN2O3/c1-25-11-12-26-18-8-3-15(13-22-18)14-23-19(24)20(9-2-10-20)16-4-6-17(21)7-5-16/h3-8,13H,2,9-12,14H2,1H3,(H,23,24). The summed E-state index contributed by atoms with van der Waals surface area (Å²) in [6.45, 7) is 1.35. The molecule has 5 nitrogen and oxygen atoms in total. The summed E-state index contributed by atoms with van der Waals surface area (Å²) >= 11 is 0. The Morgan fingerprint density at radius 2 is 1.96 bits per heavy atom. The Balaban J connectivity index is 1.58. The van der Waals surface area contributed by atoms with Crippen LogP contribution in [0.2, 0.25) is 0 Å². The number of ether oxygens (including phenoxy) is 2. The van der Waals surface area contributed by atoms with Crippen LogP contribution in [-0.2, 0) is 21.5 Å². The number of pyridine rings is 1. The second-order valence-corrected chi connectivity index (χ2v) is 6.47. The second-order valence-electron chi connectivity index (χ2n) is 6.47. The van der Waals surface area contributed by atoms with Gasteiger partial charge in [-0.15, -0.1) is 0 Å². The largest absolute Gasteiger partial charge is 0.475 e. The van der Waals surface area contributed by atoms with Crippen molar-refractivity contribution in [1.82, 2.24) is 10.3 Å². The maximum absolute atomic E-state index is 13.2. The van der Waals surface area contributed by atoms with E-state index >= 15 is 0 Å². The summed E-state index contributed by atoms with van der Waals surface area (Å²) in [5.74, 6) is 0.220. The van der Waals surface area contributed by atoms with E-state index in [-0.39, 0.29) is 11.7 Å². The van der Waals surface area contributed by atoms with Crippen LogP contribution < -0.4 is 10.1 Å². The van der Waals surface area contributed by atoms with Crippen molar-refractivity contribution in [3.63, 3.8) is 0 Å². The van der Waals surface area contributed by atoms with Crippen LogP contribution >= 0.6 is 0 Å². The molecule has 0 atom stereocenters. The SMILES string of the molecule is COCCOc1ccc(CNC(=O)C2(c3ccc(F)cc3)CCC2)cn1. The molecule has 0 aliphatic heterocycles. The molecule has 1 saturated carbocycles. The van der Waals surface area contributed by atoms with Gasteiger partial charge in [-0.1, -0.05) is 24.6 Å². The zero-order chi connectivity index (χ0) is 18.4. The molecule has 0 spiro atoms. The van der Waals surface area contributed by atoms with E-state index in [0.717, 1.165) is 30.4 Å². The molecular formula is C20H23FN2O3. The average Bonchev–Trinajstić information content (AvgIpc) is 2.62. The summed E-state index contributed by atoms with van der Waals surface area (Å²) in [7, 11) is 1.61. The zero-order valence-electron chi connectivity index (χ0n) is 14.8. The average molecular weight is 358 g/mol. The van der Waals surface area contributed by atoms with Crippen LogP contribution in [0, 0.1) is 5.82 Å². The molecule has 1 fully saturated rings. The molecule has 1 heterocycles. The van der Waals surface area contributed by atoms with E-state index < -0.39 is 5.41 Å². The summed E-state index contributed by atoms with van der Waals surface area (Å²) < 4.78 is 23.5. The number of rotatable bonds is 8. The molecule has 6 heteroatoms. The lowest BCUT2D eigenvalue weighted by molar-refractivity contribution is -0.130. The molecule has 3 rings (SSSR count). The number of nitrogens with zero attached hydrogens (tertiary/aromatic N) is 1. The molecule has 1 aliphatic rings. The molecule has 1 aliphatic carbocycles. The minimum Gasteiger partial charge on any atom is -0.475 e. The summed E-state index contributed by atoms with van der Waals surface area (Å²) in [4.78, 5) is 17.0. The maximum atomic E-state index is 13.2. The van der Waals surface area contributed by atoms with Gasteiger partial charge in [0.25, 0.3) is 0 Å². The van der Waals surface area contributed by atoms with Gasteiger partial charge in [0, 0.05) is 25.9 Å². The van der Waals surface area contributed by atoms with E-state index in [1.54, 1.807) is 31.5 Å². The van der Waals surface area contributed by atoms with Crippen molar-refractivity contribution in [3.05, 3.63) is 59.5 Å². The van der Waals surface area contributed by atoms with Crippen LogP contribution in [0.4, 0.5) is 4.39 Å². The Morgan fingerprint density at radius 3 is 2.54 bits per heavy atom. The lowest BCUT2D eigenvalue weighted by Crippen LogP contribution is -2.49. The second kappa shape index (κ2) is 8.27. The Labute approximate surface area is 152 Å². The van der Waals surface area contributed by atoms with Crippen LogP contribution in [0.15, 0.2) is 42.6 Å². The normalized spacial score (nSPS) is 15.2. The van der Waals surface area contributed by atoms with E-state index in [0.29, 0.717) is 25.6 Å². The molecule has 26 heavy (non-hydrogen) atoms. The van der Waals surface area contributed by atoms with Crippen molar-refractivity contribution < 1.29 is 18.7 Å². The fourth-order valence-electron chi connectivity index (χ4n) is 3.13. The lowest BCUT2D eigenvalue weighted by atomic mass is 9.64. The topological polar surface area (TPSA) is 60.5 Å². The number of nitrogens with one attached hydrogen (secondary N) is 1. The number of carbonyl (C=O) groups excluding carboxylic acids is 1. The molecular weight excluding hydrogens is 335 g/mol. The van der Waals surface area contributed by atoms with Crippen molar-refractivity contribution in [2.24, 2.45) is 0 Å². The quantitative estimate of drug-likeness (QED) is 0.737. The Kier molecular flexibility index (Phi) is 5.83. The van der Waals surface area contributed by atoms with E-state index in [2.05, 4.69) is 10.3 Å². The molecule has 0 bridgehead atoms. The highest BCUT2D eigenvalue weighted by atomic mass is 19.1. The van der Waals surface area contributed by atoms with Gasteiger partial charge in [0.2, 0.25) is 11.8 Å². The van der Waals surface area contributed by atoms with Gasteiger partial charge in [0.1, 0.15) is 12.4 Å². The third-order valence-corrected chi connectivity index (χ3v) is 4.83. The van der Waals surface area contributed by atoms with Gasteiger partial charge in [-0.3, -0.25) is 4.79 Å². The first-order chi connectivity index (χ1) is 12.6. The zero-order valence-corrected chi connectivity index (χ0v) is 14.8. The predicted molar refractivity (Wildman–Crippen MR) is 95.4 cm³/mol. The minimum atomic E-state index is -0.537. The summed E-state index contributed by atoms with van der Waals surface area (Å²) in [6.07, 6.45) is 4.26. The fourth-order valence-corrected chi connectivity index (χ4v) is 3.13. The number of methoxy groups -OCH3 is 1. The van der Waals surface area contributed by atoms with Crippen LogP contribution in [0.1, 0.15) is 30.4 Å².